The number of sulfonamides is 2. The van der Waals surface area contributed by atoms with Gasteiger partial charge in [-0.05, 0) is 101 Å². The van der Waals surface area contributed by atoms with Gasteiger partial charge >= 0.3 is 103 Å². The average Bonchev–Trinajstić information content (AvgIpc) is 3.21. The standard InChI is InChI=1S/C58H82N2O10S2.2K/c1-17-19-21-67-51-37-23-41-31-47(57(9,10)11)33-43(53(41)69-35-49(61)59-71(15,63)64)25-39-29-46(56(6,7)8)30-40(52(39)68-22-20-18-2)26-44-34-48(58(12,13)14)32-42(24-38(51)28-45(27-37)55(3,4)5)54(44)70-36-50(62)60-72(16,65)66;;/h27-34H,17-26,35-36H2,1-16H3,(H,59,61)(H,60,62);;/q;2*+1/p-2. The Morgan fingerprint density at radius 3 is 0.811 bits per heavy atom. The number of hydrogen-bond acceptors (Lipinski definition) is 10. The third-order valence-corrected chi connectivity index (χ3v) is 13.7. The summed E-state index contributed by atoms with van der Waals surface area (Å²) in [4.78, 5) is 0. The summed E-state index contributed by atoms with van der Waals surface area (Å²) in [5, 5.41) is 26.6. The van der Waals surface area contributed by atoms with Crippen LogP contribution < -0.4 is 132 Å². The van der Waals surface area contributed by atoms with E-state index in [1.54, 1.807) is 0 Å². The molecule has 8 bridgehead atoms. The number of hydrogen-bond donors (Lipinski definition) is 0. The molecule has 5 rings (SSSR count). The van der Waals surface area contributed by atoms with Crippen molar-refractivity contribution in [3.05, 3.63) is 115 Å². The summed E-state index contributed by atoms with van der Waals surface area (Å²) in [7, 11) is -7.99. The fourth-order valence-corrected chi connectivity index (χ4v) is 9.54. The smallest absolute Gasteiger partial charge is 0.859 e. The van der Waals surface area contributed by atoms with Gasteiger partial charge in [-0.3, -0.25) is 0 Å². The monoisotopic (exact) mass is 1110 g/mol. The molecule has 0 heterocycles. The van der Waals surface area contributed by atoms with E-state index in [9.17, 15) is 27.0 Å². The Bertz CT molecular complexity index is 2610. The van der Waals surface area contributed by atoms with Crippen molar-refractivity contribution in [1.82, 2.24) is 0 Å². The van der Waals surface area contributed by atoms with Crippen LogP contribution in [-0.4, -0.2) is 67.6 Å². The zero-order valence-electron chi connectivity index (χ0n) is 47.9. The van der Waals surface area contributed by atoms with Crippen LogP contribution in [-0.2, 0) is 67.4 Å². The Kier molecular flexibility index (Phi) is 24.2. The molecule has 1 aliphatic carbocycles. The van der Waals surface area contributed by atoms with E-state index in [4.69, 9.17) is 18.9 Å². The summed E-state index contributed by atoms with van der Waals surface area (Å²) in [5.41, 5.74) is 9.50. The summed E-state index contributed by atoms with van der Waals surface area (Å²) in [5.74, 6) is 0.442. The molecule has 396 valence electrons. The zero-order chi connectivity index (χ0) is 53.8. The minimum atomic E-state index is -4.00. The molecule has 0 unspecified atom stereocenters. The van der Waals surface area contributed by atoms with Gasteiger partial charge in [-0.25, -0.2) is 16.8 Å². The molecule has 0 fully saturated rings. The maximum Gasteiger partial charge on any atom is 1.00 e. The van der Waals surface area contributed by atoms with Crippen molar-refractivity contribution in [2.45, 2.75) is 170 Å². The first kappa shape index (κ1) is 66.5. The van der Waals surface area contributed by atoms with E-state index in [2.05, 4.69) is 154 Å². The van der Waals surface area contributed by atoms with Gasteiger partial charge in [0.15, 0.2) is 0 Å². The van der Waals surface area contributed by atoms with E-state index < -0.39 is 45.1 Å². The normalized spacial score (nSPS) is 13.9. The summed E-state index contributed by atoms with van der Waals surface area (Å²) in [6.07, 6.45) is 6.41. The quantitative estimate of drug-likeness (QED) is 0.0606. The van der Waals surface area contributed by atoms with Crippen molar-refractivity contribution in [2.24, 2.45) is 8.80 Å². The Labute approximate surface area is 529 Å². The maximum atomic E-state index is 13.3. The Hall–Kier alpha value is -1.81. The fraction of sp³-hybridized carbons (Fsp3) is 0.552. The van der Waals surface area contributed by atoms with Crippen LogP contribution in [0, 0.1) is 0 Å². The largest absolute Gasteiger partial charge is 1.00 e. The first-order chi connectivity index (χ1) is 33.2. The van der Waals surface area contributed by atoms with Crippen molar-refractivity contribution in [3.8, 4) is 23.0 Å². The van der Waals surface area contributed by atoms with Crippen molar-refractivity contribution in [1.29, 1.82) is 0 Å². The molecule has 0 spiro atoms. The van der Waals surface area contributed by atoms with Gasteiger partial charge in [0.25, 0.3) is 0 Å². The van der Waals surface area contributed by atoms with Gasteiger partial charge in [0.05, 0.1) is 25.7 Å². The van der Waals surface area contributed by atoms with E-state index in [0.29, 0.717) is 61.9 Å². The number of benzene rings is 4. The molecule has 4 aromatic carbocycles. The van der Waals surface area contributed by atoms with Crippen LogP contribution in [0.15, 0.2) is 57.3 Å². The molecule has 16 heteroatoms. The van der Waals surface area contributed by atoms with E-state index in [0.717, 1.165) is 105 Å². The van der Waals surface area contributed by atoms with Gasteiger partial charge in [0.2, 0.25) is 20.0 Å². The number of ether oxygens (including phenoxy) is 4. The average molecular weight is 1110 g/mol. The van der Waals surface area contributed by atoms with Crippen LogP contribution in [0.3, 0.4) is 0 Å². The van der Waals surface area contributed by atoms with Gasteiger partial charge in [-0.15, -0.1) is 0 Å². The van der Waals surface area contributed by atoms with Crippen molar-refractivity contribution in [2.75, 3.05) is 38.9 Å². The molecule has 0 saturated heterocycles. The Balaban J connectivity index is 0.00000722. The van der Waals surface area contributed by atoms with Gasteiger partial charge in [-0.2, -0.15) is 8.80 Å². The zero-order valence-corrected chi connectivity index (χ0v) is 55.8. The second-order valence-corrected chi connectivity index (χ2v) is 26.9. The number of rotatable bonds is 16. The van der Waals surface area contributed by atoms with Gasteiger partial charge in [0, 0.05) is 37.5 Å². The maximum absolute atomic E-state index is 13.3. The molecule has 12 nitrogen and oxygen atoms in total. The van der Waals surface area contributed by atoms with Crippen molar-refractivity contribution >= 4 is 31.8 Å². The van der Waals surface area contributed by atoms with E-state index in [-0.39, 0.29) is 124 Å². The molecule has 1 aliphatic rings. The van der Waals surface area contributed by atoms with Crippen LogP contribution in [0.25, 0.3) is 0 Å². The second kappa shape index (κ2) is 26.9. The summed E-state index contributed by atoms with van der Waals surface area (Å²) in [6.45, 7) is 29.8. The molecule has 0 radical (unpaired) electrons. The molecule has 4 aromatic rings. The van der Waals surface area contributed by atoms with Crippen LogP contribution in [0.1, 0.15) is 189 Å². The third kappa shape index (κ3) is 19.2. The number of nitrogens with zero attached hydrogens (tertiary/aromatic N) is 2. The molecule has 0 N–H and O–H groups in total. The van der Waals surface area contributed by atoms with Crippen molar-refractivity contribution < 1.29 is 149 Å². The Morgan fingerprint density at radius 2 is 0.635 bits per heavy atom. The van der Waals surface area contributed by atoms with E-state index >= 15 is 0 Å². The topological polar surface area (TPSA) is 176 Å². The molecule has 0 amide bonds. The van der Waals surface area contributed by atoms with Crippen molar-refractivity contribution in [3.63, 3.8) is 0 Å². The SMILES string of the molecule is CCCCOc1c2cc(C(C)(C)C)cc1Cc1cc(C(C)(C)C)cc(c1OC/C([O-])=N/S(C)(=O)=O)Cc1cc(C(C)(C)C)cc(c1OCCCC)Cc1cc(C(C)(C)C)cc(c1OC/C([O-])=N/S(C)(=O)=O)C2.[K+].[K+]. The van der Waals surface area contributed by atoms with Crippen LogP contribution in [0.5, 0.6) is 23.0 Å². The number of unbranched alkanes of at least 4 members (excludes halogenated alkanes) is 2. The summed E-state index contributed by atoms with van der Waals surface area (Å²) in [6, 6.07) is 17.2. The molecular formula is C58H80K2N2O10S2. The van der Waals surface area contributed by atoms with E-state index in [1.807, 2.05) is 0 Å². The first-order valence-corrected chi connectivity index (χ1v) is 28.9. The minimum Gasteiger partial charge on any atom is -0.859 e. The predicted molar refractivity (Wildman–Crippen MR) is 288 cm³/mol. The van der Waals surface area contributed by atoms with Gasteiger partial charge in [0.1, 0.15) is 36.2 Å². The molecule has 0 aliphatic heterocycles. The van der Waals surface area contributed by atoms with Crippen LogP contribution >= 0.6 is 0 Å². The minimum absolute atomic E-state index is 0. The molecular weight excluding hydrogens is 1030 g/mol. The molecule has 74 heavy (non-hydrogen) atoms. The Morgan fingerprint density at radius 1 is 0.432 bits per heavy atom. The van der Waals surface area contributed by atoms with Crippen LogP contribution in [0.4, 0.5) is 0 Å². The predicted octanol–water partition coefficient (Wildman–Crippen LogP) is 4.11. The second-order valence-electron chi connectivity index (χ2n) is 23.6. The third-order valence-electron chi connectivity index (χ3n) is 12.7. The molecule has 0 atom stereocenters. The fourth-order valence-electron chi connectivity index (χ4n) is 8.69. The number of fused-ring (bicyclic) bond motifs is 8. The van der Waals surface area contributed by atoms with Gasteiger partial charge < -0.3 is 29.2 Å². The summed E-state index contributed by atoms with van der Waals surface area (Å²) >= 11 is 0. The van der Waals surface area contributed by atoms with E-state index in [1.165, 1.54) is 0 Å². The van der Waals surface area contributed by atoms with Gasteiger partial charge in [-0.1, -0.05) is 158 Å². The summed E-state index contributed by atoms with van der Waals surface area (Å²) < 4.78 is 82.9. The first-order valence-electron chi connectivity index (χ1n) is 25.2. The molecule has 0 saturated carbocycles. The van der Waals surface area contributed by atoms with Crippen LogP contribution in [0.2, 0.25) is 0 Å². The molecule has 0 aromatic heterocycles.